The largest absolute Gasteiger partial charge is 0.496 e. The zero-order valence-corrected chi connectivity index (χ0v) is 11.5. The van der Waals surface area contributed by atoms with Crippen molar-refractivity contribution in [2.45, 2.75) is 19.4 Å². The molecule has 0 amide bonds. The quantitative estimate of drug-likeness (QED) is 0.892. The molecule has 1 fully saturated rings. The highest BCUT2D eigenvalue weighted by Crippen LogP contribution is 2.22. The average Bonchev–Trinajstić information content (AvgIpc) is 2.40. The predicted octanol–water partition coefficient (Wildman–Crippen LogP) is 2.86. The van der Waals surface area contributed by atoms with Gasteiger partial charge in [-0.3, -0.25) is 0 Å². The van der Waals surface area contributed by atoms with Crippen molar-refractivity contribution in [2.75, 3.05) is 26.9 Å². The van der Waals surface area contributed by atoms with E-state index >= 15 is 0 Å². The van der Waals surface area contributed by atoms with E-state index in [2.05, 4.69) is 5.32 Å². The van der Waals surface area contributed by atoms with Crippen LogP contribution in [-0.4, -0.2) is 26.9 Å². The number of nitrogens with one attached hydrogen (secondary N) is 1. The summed E-state index contributed by atoms with van der Waals surface area (Å²) in [5, 5.41) is 4.20. The van der Waals surface area contributed by atoms with Crippen molar-refractivity contribution in [1.82, 2.24) is 5.32 Å². The Morgan fingerprint density at radius 3 is 3.11 bits per heavy atom. The molecule has 4 heteroatoms. The molecule has 0 saturated carbocycles. The van der Waals surface area contributed by atoms with E-state index in [1.54, 1.807) is 7.11 Å². The zero-order valence-electron chi connectivity index (χ0n) is 10.7. The minimum Gasteiger partial charge on any atom is -0.496 e. The Bertz CT molecular complexity index is 378. The second-order valence-corrected chi connectivity index (χ2v) is 5.11. The van der Waals surface area contributed by atoms with Crippen LogP contribution in [0.1, 0.15) is 18.4 Å². The van der Waals surface area contributed by atoms with Gasteiger partial charge in [-0.2, -0.15) is 0 Å². The SMILES string of the molecule is COc1ccc(Cl)cc1CNCC1CCCOC1. The number of hydrogen-bond donors (Lipinski definition) is 1. The molecule has 0 aromatic heterocycles. The van der Waals surface area contributed by atoms with Gasteiger partial charge in [0.2, 0.25) is 0 Å². The number of benzene rings is 1. The van der Waals surface area contributed by atoms with E-state index in [1.807, 2.05) is 18.2 Å². The summed E-state index contributed by atoms with van der Waals surface area (Å²) in [5.74, 6) is 1.51. The monoisotopic (exact) mass is 269 g/mol. The first kappa shape index (κ1) is 13.7. The van der Waals surface area contributed by atoms with Crippen LogP contribution in [-0.2, 0) is 11.3 Å². The van der Waals surface area contributed by atoms with E-state index in [1.165, 1.54) is 12.8 Å². The van der Waals surface area contributed by atoms with E-state index in [-0.39, 0.29) is 0 Å². The van der Waals surface area contributed by atoms with Crippen LogP contribution in [0.4, 0.5) is 0 Å². The maximum absolute atomic E-state index is 6.00. The third-order valence-electron chi connectivity index (χ3n) is 3.25. The maximum Gasteiger partial charge on any atom is 0.123 e. The molecule has 18 heavy (non-hydrogen) atoms. The van der Waals surface area contributed by atoms with Crippen molar-refractivity contribution in [3.63, 3.8) is 0 Å². The fourth-order valence-corrected chi connectivity index (χ4v) is 2.46. The van der Waals surface area contributed by atoms with Gasteiger partial charge in [-0.1, -0.05) is 11.6 Å². The molecule has 1 aromatic rings. The van der Waals surface area contributed by atoms with Crippen molar-refractivity contribution in [2.24, 2.45) is 5.92 Å². The minimum atomic E-state index is 0.629. The summed E-state index contributed by atoms with van der Waals surface area (Å²) in [5.41, 5.74) is 1.10. The normalized spacial score (nSPS) is 19.8. The molecule has 1 aromatic carbocycles. The topological polar surface area (TPSA) is 30.5 Å². The number of rotatable bonds is 5. The predicted molar refractivity (Wildman–Crippen MR) is 73.3 cm³/mol. The average molecular weight is 270 g/mol. The molecule has 0 spiro atoms. The summed E-state index contributed by atoms with van der Waals surface area (Å²) < 4.78 is 10.8. The molecule has 0 bridgehead atoms. The Balaban J connectivity index is 1.83. The lowest BCUT2D eigenvalue weighted by molar-refractivity contribution is 0.0547. The zero-order chi connectivity index (χ0) is 12.8. The Morgan fingerprint density at radius 2 is 2.39 bits per heavy atom. The summed E-state index contributed by atoms with van der Waals surface area (Å²) >= 11 is 6.00. The van der Waals surface area contributed by atoms with Crippen molar-refractivity contribution in [3.8, 4) is 5.75 Å². The van der Waals surface area contributed by atoms with Crippen LogP contribution in [0.15, 0.2) is 18.2 Å². The lowest BCUT2D eigenvalue weighted by Gasteiger charge is -2.22. The highest BCUT2D eigenvalue weighted by molar-refractivity contribution is 6.30. The molecule has 3 nitrogen and oxygen atoms in total. The van der Waals surface area contributed by atoms with Crippen LogP contribution >= 0.6 is 11.6 Å². The molecule has 1 atom stereocenters. The van der Waals surface area contributed by atoms with Gasteiger partial charge < -0.3 is 14.8 Å². The molecule has 1 aliphatic rings. The molecule has 100 valence electrons. The van der Waals surface area contributed by atoms with E-state index in [0.717, 1.165) is 42.6 Å². The number of ether oxygens (including phenoxy) is 2. The maximum atomic E-state index is 6.00. The third kappa shape index (κ3) is 3.87. The van der Waals surface area contributed by atoms with Gasteiger partial charge in [0.25, 0.3) is 0 Å². The molecule has 0 aliphatic carbocycles. The van der Waals surface area contributed by atoms with Crippen LogP contribution in [0.5, 0.6) is 5.75 Å². The lowest BCUT2D eigenvalue weighted by atomic mass is 10.0. The van der Waals surface area contributed by atoms with Gasteiger partial charge in [-0.05, 0) is 37.0 Å². The molecule has 1 unspecified atom stereocenters. The van der Waals surface area contributed by atoms with E-state index in [9.17, 15) is 0 Å². The van der Waals surface area contributed by atoms with E-state index < -0.39 is 0 Å². The summed E-state index contributed by atoms with van der Waals surface area (Å²) in [4.78, 5) is 0. The van der Waals surface area contributed by atoms with Crippen molar-refractivity contribution >= 4 is 11.6 Å². The Hall–Kier alpha value is -0.770. The Labute approximate surface area is 113 Å². The van der Waals surface area contributed by atoms with Gasteiger partial charge >= 0.3 is 0 Å². The van der Waals surface area contributed by atoms with Crippen molar-refractivity contribution in [1.29, 1.82) is 0 Å². The summed E-state index contributed by atoms with van der Waals surface area (Å²) in [6, 6.07) is 5.70. The minimum absolute atomic E-state index is 0.629. The van der Waals surface area contributed by atoms with Gasteiger partial charge in [-0.15, -0.1) is 0 Å². The fourth-order valence-electron chi connectivity index (χ4n) is 2.26. The van der Waals surface area contributed by atoms with Crippen LogP contribution in [0.25, 0.3) is 0 Å². The summed E-state index contributed by atoms with van der Waals surface area (Å²) in [6.07, 6.45) is 2.42. The molecular weight excluding hydrogens is 250 g/mol. The first-order chi connectivity index (χ1) is 8.79. The fraction of sp³-hybridized carbons (Fsp3) is 0.571. The highest BCUT2D eigenvalue weighted by Gasteiger charge is 2.13. The van der Waals surface area contributed by atoms with Crippen LogP contribution in [0, 0.1) is 5.92 Å². The van der Waals surface area contributed by atoms with Crippen molar-refractivity contribution < 1.29 is 9.47 Å². The molecule has 1 saturated heterocycles. The second kappa shape index (κ2) is 6.98. The highest BCUT2D eigenvalue weighted by atomic mass is 35.5. The standard InChI is InChI=1S/C14H20ClNO2/c1-17-14-5-4-13(15)7-12(14)9-16-8-11-3-2-6-18-10-11/h4-5,7,11,16H,2-3,6,8-10H2,1H3. The van der Waals surface area contributed by atoms with Gasteiger partial charge in [0.05, 0.1) is 13.7 Å². The van der Waals surface area contributed by atoms with Crippen LogP contribution in [0.2, 0.25) is 5.02 Å². The van der Waals surface area contributed by atoms with E-state index in [4.69, 9.17) is 21.1 Å². The molecule has 1 aliphatic heterocycles. The molecule has 2 rings (SSSR count). The van der Waals surface area contributed by atoms with Gasteiger partial charge in [0.1, 0.15) is 5.75 Å². The molecule has 0 radical (unpaired) electrons. The van der Waals surface area contributed by atoms with Gasteiger partial charge in [-0.25, -0.2) is 0 Å². The first-order valence-corrected chi connectivity index (χ1v) is 6.78. The van der Waals surface area contributed by atoms with E-state index in [0.29, 0.717) is 5.92 Å². The summed E-state index contributed by atoms with van der Waals surface area (Å²) in [6.45, 7) is 3.55. The molecule has 1 heterocycles. The summed E-state index contributed by atoms with van der Waals surface area (Å²) in [7, 11) is 1.68. The first-order valence-electron chi connectivity index (χ1n) is 6.40. The second-order valence-electron chi connectivity index (χ2n) is 4.67. The number of halogens is 1. The van der Waals surface area contributed by atoms with Crippen LogP contribution < -0.4 is 10.1 Å². The lowest BCUT2D eigenvalue weighted by Crippen LogP contribution is -2.28. The Kier molecular flexibility index (Phi) is 5.29. The van der Waals surface area contributed by atoms with Gasteiger partial charge in [0.15, 0.2) is 0 Å². The van der Waals surface area contributed by atoms with Crippen LogP contribution in [0.3, 0.4) is 0 Å². The number of methoxy groups -OCH3 is 1. The third-order valence-corrected chi connectivity index (χ3v) is 3.48. The van der Waals surface area contributed by atoms with Crippen molar-refractivity contribution in [3.05, 3.63) is 28.8 Å². The molecule has 1 N–H and O–H groups in total. The molecular formula is C14H20ClNO2. The Morgan fingerprint density at radius 1 is 1.50 bits per heavy atom. The number of hydrogen-bond acceptors (Lipinski definition) is 3. The van der Waals surface area contributed by atoms with Gasteiger partial charge in [0, 0.05) is 30.3 Å². The smallest absolute Gasteiger partial charge is 0.123 e.